The summed E-state index contributed by atoms with van der Waals surface area (Å²) in [6, 6.07) is 0. The Bertz CT molecular complexity index is 431. The van der Waals surface area contributed by atoms with Crippen molar-refractivity contribution in [3.63, 3.8) is 0 Å². The van der Waals surface area contributed by atoms with Crippen molar-refractivity contribution < 1.29 is 4.74 Å². The van der Waals surface area contributed by atoms with Gasteiger partial charge in [-0.25, -0.2) is 9.97 Å². The van der Waals surface area contributed by atoms with Crippen LogP contribution in [-0.2, 0) is 10.3 Å². The average molecular weight is 320 g/mol. The Morgan fingerprint density at radius 2 is 2.12 bits per heavy atom. The molecule has 0 bridgehead atoms. The van der Waals surface area contributed by atoms with Gasteiger partial charge in [0.1, 0.15) is 10.8 Å². The minimum Gasteiger partial charge on any atom is -0.367 e. The Morgan fingerprint density at radius 1 is 1.41 bits per heavy atom. The molecule has 1 fully saturated rings. The van der Waals surface area contributed by atoms with E-state index in [2.05, 4.69) is 39.7 Å². The highest BCUT2D eigenvalue weighted by Crippen LogP contribution is 2.37. The molecule has 0 aromatic carbocycles. The summed E-state index contributed by atoms with van der Waals surface area (Å²) in [6.45, 7) is 6.98. The standard InChI is InChI=1S/C12H16BrClN2O/c1-7(2)9-8(13)10(14)16-11(15-9)12(3)5-4-6-17-12/h7H,4-6H2,1-3H3. The van der Waals surface area contributed by atoms with Crippen molar-refractivity contribution >= 4 is 27.5 Å². The molecule has 0 radical (unpaired) electrons. The van der Waals surface area contributed by atoms with Gasteiger partial charge in [0.05, 0.1) is 10.2 Å². The Kier molecular flexibility index (Phi) is 3.76. The molecule has 17 heavy (non-hydrogen) atoms. The first-order valence-corrected chi connectivity index (χ1v) is 6.98. The maximum atomic E-state index is 6.15. The SMILES string of the molecule is CC(C)c1nc(C2(C)CCCO2)nc(Cl)c1Br. The summed E-state index contributed by atoms with van der Waals surface area (Å²) in [5, 5.41) is 0.468. The van der Waals surface area contributed by atoms with E-state index in [4.69, 9.17) is 16.3 Å². The van der Waals surface area contributed by atoms with Gasteiger partial charge < -0.3 is 4.74 Å². The smallest absolute Gasteiger partial charge is 0.162 e. The van der Waals surface area contributed by atoms with Gasteiger partial charge in [-0.3, -0.25) is 0 Å². The molecule has 1 atom stereocenters. The third kappa shape index (κ3) is 2.49. The average Bonchev–Trinajstić information content (AvgIpc) is 2.69. The molecule has 3 nitrogen and oxygen atoms in total. The van der Waals surface area contributed by atoms with Crippen LogP contribution in [-0.4, -0.2) is 16.6 Å². The number of halogens is 2. The molecule has 1 aliphatic rings. The van der Waals surface area contributed by atoms with Crippen LogP contribution in [0.3, 0.4) is 0 Å². The predicted molar refractivity (Wildman–Crippen MR) is 71.4 cm³/mol. The zero-order valence-electron chi connectivity index (χ0n) is 10.3. The molecule has 0 aliphatic carbocycles. The van der Waals surface area contributed by atoms with Crippen molar-refractivity contribution in [3.05, 3.63) is 21.1 Å². The fourth-order valence-corrected chi connectivity index (χ4v) is 2.82. The normalized spacial score (nSPS) is 24.6. The molecule has 2 heterocycles. The predicted octanol–water partition coefficient (Wildman–Crippen LogP) is 4.04. The summed E-state index contributed by atoms with van der Waals surface area (Å²) in [4.78, 5) is 8.97. The van der Waals surface area contributed by atoms with Gasteiger partial charge in [0, 0.05) is 6.61 Å². The number of rotatable bonds is 2. The lowest BCUT2D eigenvalue weighted by molar-refractivity contribution is 0.00909. The highest BCUT2D eigenvalue weighted by atomic mass is 79.9. The lowest BCUT2D eigenvalue weighted by Gasteiger charge is -2.23. The van der Waals surface area contributed by atoms with E-state index in [0.717, 1.165) is 29.6 Å². The highest BCUT2D eigenvalue weighted by Gasteiger charge is 2.35. The summed E-state index contributed by atoms with van der Waals surface area (Å²) >= 11 is 9.59. The molecule has 1 aromatic heterocycles. The molecule has 0 amide bonds. The van der Waals surface area contributed by atoms with Crippen LogP contribution in [0.1, 0.15) is 51.0 Å². The van der Waals surface area contributed by atoms with Gasteiger partial charge in [0.15, 0.2) is 5.82 Å². The maximum Gasteiger partial charge on any atom is 0.162 e. The summed E-state index contributed by atoms with van der Waals surface area (Å²) in [5.74, 6) is 1.00. The monoisotopic (exact) mass is 318 g/mol. The third-order valence-electron chi connectivity index (χ3n) is 3.08. The van der Waals surface area contributed by atoms with Crippen molar-refractivity contribution in [2.24, 2.45) is 0 Å². The second kappa shape index (κ2) is 4.82. The van der Waals surface area contributed by atoms with Crippen molar-refractivity contribution in [2.45, 2.75) is 45.1 Å². The lowest BCUT2D eigenvalue weighted by atomic mass is 10.0. The molecule has 0 saturated carbocycles. The van der Waals surface area contributed by atoms with Crippen molar-refractivity contribution in [1.82, 2.24) is 9.97 Å². The van der Waals surface area contributed by atoms with Gasteiger partial charge in [-0.15, -0.1) is 0 Å². The summed E-state index contributed by atoms with van der Waals surface area (Å²) in [5.41, 5.74) is 0.560. The van der Waals surface area contributed by atoms with Crippen LogP contribution in [0.15, 0.2) is 4.47 Å². The van der Waals surface area contributed by atoms with Gasteiger partial charge in [-0.1, -0.05) is 25.4 Å². The topological polar surface area (TPSA) is 35.0 Å². The fourth-order valence-electron chi connectivity index (χ4n) is 2.01. The number of hydrogen-bond donors (Lipinski definition) is 0. The van der Waals surface area contributed by atoms with Gasteiger partial charge in [-0.05, 0) is 41.6 Å². The second-order valence-electron chi connectivity index (χ2n) is 4.87. The van der Waals surface area contributed by atoms with Crippen molar-refractivity contribution in [1.29, 1.82) is 0 Å². The van der Waals surface area contributed by atoms with Gasteiger partial charge in [-0.2, -0.15) is 0 Å². The minimum absolute atomic E-state index is 0.300. The molecule has 1 aliphatic heterocycles. The van der Waals surface area contributed by atoms with Crippen LogP contribution in [0.25, 0.3) is 0 Å². The molecule has 0 N–H and O–H groups in total. The van der Waals surface area contributed by atoms with Crippen molar-refractivity contribution in [3.8, 4) is 0 Å². The molecule has 5 heteroatoms. The molecular weight excluding hydrogens is 304 g/mol. The molecule has 1 saturated heterocycles. The molecular formula is C12H16BrClN2O. The Balaban J connectivity index is 2.49. The van der Waals surface area contributed by atoms with E-state index in [1.165, 1.54) is 0 Å². The number of aromatic nitrogens is 2. The Morgan fingerprint density at radius 3 is 2.65 bits per heavy atom. The molecule has 0 spiro atoms. The number of nitrogens with zero attached hydrogens (tertiary/aromatic N) is 2. The molecule has 2 rings (SSSR count). The quantitative estimate of drug-likeness (QED) is 0.772. The van der Waals surface area contributed by atoms with E-state index in [9.17, 15) is 0 Å². The fraction of sp³-hybridized carbons (Fsp3) is 0.667. The van der Waals surface area contributed by atoms with Crippen LogP contribution >= 0.6 is 27.5 Å². The van der Waals surface area contributed by atoms with E-state index in [-0.39, 0.29) is 5.60 Å². The zero-order valence-corrected chi connectivity index (χ0v) is 12.6. The van der Waals surface area contributed by atoms with E-state index < -0.39 is 0 Å². The first kappa shape index (κ1) is 13.2. The minimum atomic E-state index is -0.381. The van der Waals surface area contributed by atoms with Crippen LogP contribution in [0.2, 0.25) is 5.15 Å². The molecule has 94 valence electrons. The van der Waals surface area contributed by atoms with E-state index >= 15 is 0 Å². The Labute approximate surface area is 115 Å². The van der Waals surface area contributed by atoms with E-state index in [0.29, 0.717) is 16.9 Å². The van der Waals surface area contributed by atoms with Gasteiger partial charge in [0.25, 0.3) is 0 Å². The van der Waals surface area contributed by atoms with E-state index in [1.807, 2.05) is 6.92 Å². The summed E-state index contributed by atoms with van der Waals surface area (Å²) < 4.78 is 6.55. The van der Waals surface area contributed by atoms with Crippen LogP contribution in [0.4, 0.5) is 0 Å². The third-order valence-corrected chi connectivity index (χ3v) is 4.36. The summed E-state index contributed by atoms with van der Waals surface area (Å²) in [7, 11) is 0. The first-order valence-electron chi connectivity index (χ1n) is 5.81. The largest absolute Gasteiger partial charge is 0.367 e. The zero-order chi connectivity index (χ0) is 12.6. The molecule has 1 unspecified atom stereocenters. The number of hydrogen-bond acceptors (Lipinski definition) is 3. The Hall–Kier alpha value is -0.190. The lowest BCUT2D eigenvalue weighted by Crippen LogP contribution is -2.24. The number of ether oxygens (including phenoxy) is 1. The van der Waals surface area contributed by atoms with Crippen molar-refractivity contribution in [2.75, 3.05) is 6.61 Å². The summed E-state index contributed by atoms with van der Waals surface area (Å²) in [6.07, 6.45) is 1.99. The highest BCUT2D eigenvalue weighted by molar-refractivity contribution is 9.10. The molecule has 1 aromatic rings. The van der Waals surface area contributed by atoms with E-state index in [1.54, 1.807) is 0 Å². The van der Waals surface area contributed by atoms with Gasteiger partial charge in [0.2, 0.25) is 0 Å². The second-order valence-corrected chi connectivity index (χ2v) is 6.03. The first-order chi connectivity index (χ1) is 7.94. The maximum absolute atomic E-state index is 6.15. The van der Waals surface area contributed by atoms with Crippen LogP contribution < -0.4 is 0 Å². The van der Waals surface area contributed by atoms with Crippen LogP contribution in [0.5, 0.6) is 0 Å². The van der Waals surface area contributed by atoms with Crippen LogP contribution in [0, 0.1) is 0 Å². The van der Waals surface area contributed by atoms with Gasteiger partial charge >= 0.3 is 0 Å².